The maximum Gasteiger partial charge on any atom is 0.321 e. The third-order valence-corrected chi connectivity index (χ3v) is 4.27. The van der Waals surface area contributed by atoms with Gasteiger partial charge in [0.1, 0.15) is 6.04 Å². The van der Waals surface area contributed by atoms with Gasteiger partial charge in [-0.2, -0.15) is 4.72 Å². The lowest BCUT2D eigenvalue weighted by Crippen LogP contribution is -2.40. The van der Waals surface area contributed by atoms with Crippen molar-refractivity contribution in [2.75, 3.05) is 0 Å². The lowest BCUT2D eigenvalue weighted by molar-refractivity contribution is -0.139. The van der Waals surface area contributed by atoms with E-state index in [1.54, 1.807) is 0 Å². The predicted octanol–water partition coefficient (Wildman–Crippen LogP) is 1.77. The van der Waals surface area contributed by atoms with Crippen LogP contribution in [0.3, 0.4) is 0 Å². The molecule has 19 heavy (non-hydrogen) atoms. The SMILES string of the molecule is CCCC[C@H](NS(=O)(=O)c1ccc(Br)cn1)C(=O)O. The summed E-state index contributed by atoms with van der Waals surface area (Å²) in [4.78, 5) is 14.8. The first-order chi connectivity index (χ1) is 8.86. The van der Waals surface area contributed by atoms with Crippen LogP contribution in [0.5, 0.6) is 0 Å². The molecule has 0 aliphatic carbocycles. The van der Waals surface area contributed by atoms with Crippen LogP contribution in [0.15, 0.2) is 27.8 Å². The zero-order chi connectivity index (χ0) is 14.5. The molecule has 2 N–H and O–H groups in total. The minimum absolute atomic E-state index is 0.196. The first kappa shape index (κ1) is 16.1. The van der Waals surface area contributed by atoms with Gasteiger partial charge in [0.25, 0.3) is 10.0 Å². The van der Waals surface area contributed by atoms with Gasteiger partial charge in [-0.25, -0.2) is 13.4 Å². The first-order valence-corrected chi connectivity index (χ1v) is 8.01. The second-order valence-electron chi connectivity index (χ2n) is 3.97. The number of aromatic nitrogens is 1. The molecule has 0 radical (unpaired) electrons. The van der Waals surface area contributed by atoms with Gasteiger partial charge in [0.2, 0.25) is 0 Å². The van der Waals surface area contributed by atoms with Crippen molar-refractivity contribution in [3.63, 3.8) is 0 Å². The topological polar surface area (TPSA) is 96.4 Å². The fourth-order valence-corrected chi connectivity index (χ4v) is 2.80. The number of halogens is 1. The van der Waals surface area contributed by atoms with Crippen LogP contribution in [-0.4, -0.2) is 30.5 Å². The summed E-state index contributed by atoms with van der Waals surface area (Å²) in [7, 11) is -3.91. The van der Waals surface area contributed by atoms with Crippen molar-refractivity contribution in [3.8, 4) is 0 Å². The molecule has 0 saturated heterocycles. The normalized spacial score (nSPS) is 13.2. The molecule has 0 amide bonds. The number of nitrogens with zero attached hydrogens (tertiary/aromatic N) is 1. The summed E-state index contributed by atoms with van der Waals surface area (Å²) in [6.07, 6.45) is 3.02. The summed E-state index contributed by atoms with van der Waals surface area (Å²) in [5.74, 6) is -1.19. The molecule has 0 saturated carbocycles. The van der Waals surface area contributed by atoms with Crippen LogP contribution in [0, 0.1) is 0 Å². The lowest BCUT2D eigenvalue weighted by Gasteiger charge is -2.13. The Labute approximate surface area is 120 Å². The van der Waals surface area contributed by atoms with E-state index in [9.17, 15) is 13.2 Å². The molecule has 1 heterocycles. The number of carboxylic acid groups (broad SMARTS) is 1. The zero-order valence-electron chi connectivity index (χ0n) is 10.3. The zero-order valence-corrected chi connectivity index (χ0v) is 12.7. The maximum atomic E-state index is 12.0. The Kier molecular flexibility index (Phi) is 5.89. The molecule has 6 nitrogen and oxygen atoms in total. The van der Waals surface area contributed by atoms with Crippen LogP contribution in [0.1, 0.15) is 26.2 Å². The number of hydrogen-bond donors (Lipinski definition) is 2. The summed E-state index contributed by atoms with van der Waals surface area (Å²) < 4.78 is 26.7. The Hall–Kier alpha value is -0.990. The highest BCUT2D eigenvalue weighted by atomic mass is 79.9. The van der Waals surface area contributed by atoms with E-state index < -0.39 is 22.0 Å². The standard InChI is InChI=1S/C11H15BrN2O4S/c1-2-3-4-9(11(15)16)14-19(17,18)10-6-5-8(12)7-13-10/h5-7,9,14H,2-4H2,1H3,(H,15,16)/t9-/m0/s1. The number of hydrogen-bond acceptors (Lipinski definition) is 4. The summed E-state index contributed by atoms with van der Waals surface area (Å²) in [6, 6.07) is 1.71. The van der Waals surface area contributed by atoms with Crippen LogP contribution >= 0.6 is 15.9 Å². The van der Waals surface area contributed by atoms with Gasteiger partial charge in [-0.1, -0.05) is 19.8 Å². The van der Waals surface area contributed by atoms with E-state index in [2.05, 4.69) is 25.6 Å². The largest absolute Gasteiger partial charge is 0.480 e. The molecule has 0 spiro atoms. The molecule has 0 aliphatic rings. The molecule has 0 bridgehead atoms. The van der Waals surface area contributed by atoms with E-state index in [0.29, 0.717) is 10.9 Å². The quantitative estimate of drug-likeness (QED) is 0.780. The average Bonchev–Trinajstić information content (AvgIpc) is 2.34. The molecule has 8 heteroatoms. The van der Waals surface area contributed by atoms with Gasteiger partial charge in [0, 0.05) is 10.7 Å². The molecule has 1 aromatic heterocycles. The smallest absolute Gasteiger partial charge is 0.321 e. The van der Waals surface area contributed by atoms with Crippen LogP contribution in [0.25, 0.3) is 0 Å². The highest BCUT2D eigenvalue weighted by molar-refractivity contribution is 9.10. The Morgan fingerprint density at radius 2 is 2.21 bits per heavy atom. The van der Waals surface area contributed by atoms with E-state index in [1.165, 1.54) is 18.3 Å². The molecule has 1 rings (SSSR count). The van der Waals surface area contributed by atoms with Crippen molar-refractivity contribution >= 4 is 31.9 Å². The summed E-state index contributed by atoms with van der Waals surface area (Å²) in [6.45, 7) is 1.91. The Morgan fingerprint density at radius 3 is 2.68 bits per heavy atom. The van der Waals surface area contributed by atoms with Gasteiger partial charge in [-0.15, -0.1) is 0 Å². The summed E-state index contributed by atoms with van der Waals surface area (Å²) >= 11 is 3.15. The van der Waals surface area contributed by atoms with Gasteiger partial charge in [-0.3, -0.25) is 4.79 Å². The third kappa shape index (κ3) is 4.88. The number of pyridine rings is 1. The van der Waals surface area contributed by atoms with Crippen molar-refractivity contribution in [2.24, 2.45) is 0 Å². The fraction of sp³-hybridized carbons (Fsp3) is 0.455. The van der Waals surface area contributed by atoms with Crippen molar-refractivity contribution in [1.82, 2.24) is 9.71 Å². The minimum atomic E-state index is -3.91. The summed E-state index contributed by atoms with van der Waals surface area (Å²) in [5.41, 5.74) is 0. The van der Waals surface area contributed by atoms with Gasteiger partial charge in [0.15, 0.2) is 5.03 Å². The molecular formula is C11H15BrN2O4S. The monoisotopic (exact) mass is 350 g/mol. The Bertz CT molecular complexity index is 530. The number of carbonyl (C=O) groups is 1. The molecule has 0 aliphatic heterocycles. The number of sulfonamides is 1. The molecular weight excluding hydrogens is 336 g/mol. The van der Waals surface area contributed by atoms with Gasteiger partial charge < -0.3 is 5.11 Å². The fourth-order valence-electron chi connectivity index (χ4n) is 1.41. The molecule has 1 atom stereocenters. The van der Waals surface area contributed by atoms with Crippen LogP contribution < -0.4 is 4.72 Å². The summed E-state index contributed by atoms with van der Waals surface area (Å²) in [5, 5.41) is 8.80. The van der Waals surface area contributed by atoms with Gasteiger partial charge in [0.05, 0.1) is 0 Å². The van der Waals surface area contributed by atoms with E-state index in [1.807, 2.05) is 6.92 Å². The number of unbranched alkanes of at least 4 members (excludes halogenated alkanes) is 1. The highest BCUT2D eigenvalue weighted by Gasteiger charge is 2.25. The second-order valence-corrected chi connectivity index (χ2v) is 6.55. The third-order valence-electron chi connectivity index (χ3n) is 2.42. The lowest BCUT2D eigenvalue weighted by atomic mass is 10.1. The highest BCUT2D eigenvalue weighted by Crippen LogP contribution is 2.12. The van der Waals surface area contributed by atoms with Crippen molar-refractivity contribution < 1.29 is 18.3 Å². The number of nitrogens with one attached hydrogen (secondary N) is 1. The van der Waals surface area contributed by atoms with Gasteiger partial charge in [-0.05, 0) is 34.5 Å². The maximum absolute atomic E-state index is 12.0. The van der Waals surface area contributed by atoms with Gasteiger partial charge >= 0.3 is 5.97 Å². The van der Waals surface area contributed by atoms with E-state index in [0.717, 1.165) is 6.42 Å². The molecule has 0 fully saturated rings. The predicted molar refractivity (Wildman–Crippen MR) is 73.2 cm³/mol. The van der Waals surface area contributed by atoms with E-state index in [-0.39, 0.29) is 11.4 Å². The van der Waals surface area contributed by atoms with Crippen LogP contribution in [-0.2, 0) is 14.8 Å². The Balaban J connectivity index is 2.87. The molecule has 1 aromatic rings. The minimum Gasteiger partial charge on any atom is -0.480 e. The Morgan fingerprint density at radius 1 is 1.53 bits per heavy atom. The molecule has 106 valence electrons. The van der Waals surface area contributed by atoms with Crippen LogP contribution in [0.4, 0.5) is 0 Å². The number of aliphatic carboxylic acids is 1. The van der Waals surface area contributed by atoms with E-state index >= 15 is 0 Å². The van der Waals surface area contributed by atoms with Crippen molar-refractivity contribution in [3.05, 3.63) is 22.8 Å². The van der Waals surface area contributed by atoms with Crippen LogP contribution in [0.2, 0.25) is 0 Å². The van der Waals surface area contributed by atoms with Crippen molar-refractivity contribution in [2.45, 2.75) is 37.3 Å². The second kappa shape index (κ2) is 6.97. The molecule has 0 aromatic carbocycles. The van der Waals surface area contributed by atoms with E-state index in [4.69, 9.17) is 5.11 Å². The number of rotatable bonds is 7. The van der Waals surface area contributed by atoms with Crippen molar-refractivity contribution in [1.29, 1.82) is 0 Å². The number of carboxylic acids is 1. The first-order valence-electron chi connectivity index (χ1n) is 5.73. The average molecular weight is 351 g/mol. The molecule has 0 unspecified atom stereocenters.